The summed E-state index contributed by atoms with van der Waals surface area (Å²) in [4.78, 5) is 12.2. The largest absolute Gasteiger partial charge is 0.485 e. The topological polar surface area (TPSA) is 44.1 Å². The Hall–Kier alpha value is -1.33. The number of ether oxygens (including phenoxy) is 1. The third kappa shape index (κ3) is 3.90. The van der Waals surface area contributed by atoms with Crippen molar-refractivity contribution in [2.24, 2.45) is 0 Å². The molecule has 0 aliphatic carbocycles. The van der Waals surface area contributed by atoms with Crippen molar-refractivity contribution in [2.45, 2.75) is 38.2 Å². The van der Waals surface area contributed by atoms with Gasteiger partial charge in [0.15, 0.2) is 10.8 Å². The van der Waals surface area contributed by atoms with E-state index in [0.717, 1.165) is 5.56 Å². The van der Waals surface area contributed by atoms with Crippen molar-refractivity contribution in [2.75, 3.05) is 0 Å². The lowest BCUT2D eigenvalue weighted by molar-refractivity contribution is 0.292. The smallest absolute Gasteiger partial charge is 0.289 e. The molecular weight excluding hydrogens is 368 g/mol. The van der Waals surface area contributed by atoms with E-state index in [-0.39, 0.29) is 17.4 Å². The van der Waals surface area contributed by atoms with Crippen LogP contribution in [0, 0.1) is 0 Å². The molecule has 118 valence electrons. The highest BCUT2D eigenvalue weighted by atomic mass is 79.9. The fourth-order valence-corrected chi connectivity index (χ4v) is 2.27. The number of hydrogen-bond donors (Lipinski definition) is 0. The molecule has 0 fully saturated rings. The molecule has 1 aromatic heterocycles. The van der Waals surface area contributed by atoms with Crippen LogP contribution in [0.15, 0.2) is 35.3 Å². The maximum atomic E-state index is 12.2. The zero-order valence-corrected chi connectivity index (χ0v) is 14.9. The summed E-state index contributed by atoms with van der Waals surface area (Å²) in [5.74, 6) is 0.224. The lowest BCUT2D eigenvalue weighted by Crippen LogP contribution is -2.36. The van der Waals surface area contributed by atoms with E-state index in [1.165, 1.54) is 10.9 Å². The van der Waals surface area contributed by atoms with E-state index in [1.807, 2.05) is 20.8 Å². The first-order chi connectivity index (χ1) is 11.0. The second-order valence-electron chi connectivity index (χ2n) is 5.79. The Labute approximate surface area is 146 Å². The number of nitrogens with zero attached hydrogens (tertiary/aromatic N) is 2. The molecule has 22 heavy (non-hydrogen) atoms. The van der Waals surface area contributed by atoms with Crippen LogP contribution in [0.25, 0.3) is 0 Å². The fraction of sp³-hybridized carbons (Fsp3) is 0.375. The van der Waals surface area contributed by atoms with Crippen molar-refractivity contribution in [1.29, 1.82) is 0 Å². The van der Waals surface area contributed by atoms with Crippen LogP contribution in [-0.2, 0) is 17.4 Å². The molecule has 0 atom stereocenters. The molecule has 0 saturated heterocycles. The predicted octanol–water partition coefficient (Wildman–Crippen LogP) is 4.13. The third-order valence-corrected chi connectivity index (χ3v) is 3.79. The molecule has 1 aromatic carbocycles. The first-order valence-corrected chi connectivity index (χ1v) is 7.86. The van der Waals surface area contributed by atoms with Crippen LogP contribution in [0.3, 0.4) is 0 Å². The van der Waals surface area contributed by atoms with Gasteiger partial charge in [-0.3, -0.25) is 4.79 Å². The van der Waals surface area contributed by atoms with Crippen molar-refractivity contribution >= 4 is 27.5 Å². The van der Waals surface area contributed by atoms with Gasteiger partial charge >= 0.3 is 0 Å². The van der Waals surface area contributed by atoms with E-state index in [2.05, 4.69) is 21.0 Å². The Morgan fingerprint density at radius 1 is 1.32 bits per heavy atom. The average molecular weight is 388 g/mol. The second kappa shape index (κ2) is 6.84. The molecular formula is C16H18BrClN2O2. The minimum atomic E-state index is -1.57. The first-order valence-electron chi connectivity index (χ1n) is 7.69. The van der Waals surface area contributed by atoms with Crippen molar-refractivity contribution < 1.29 is 7.48 Å². The van der Waals surface area contributed by atoms with Crippen LogP contribution < -0.4 is 10.3 Å². The zero-order valence-electron chi connectivity index (χ0n) is 14.6. The highest BCUT2D eigenvalue weighted by Gasteiger charge is 2.19. The monoisotopic (exact) mass is 386 g/mol. The SMILES string of the molecule is [2H]C([2H])(Br)c1ccc(COc2cnn(C(C)(C)C)c(=O)c2Cl)cc1. The van der Waals surface area contributed by atoms with Gasteiger partial charge in [-0.15, -0.1) is 0 Å². The number of hydrogen-bond acceptors (Lipinski definition) is 3. The van der Waals surface area contributed by atoms with Gasteiger partial charge < -0.3 is 4.74 Å². The number of halogens is 2. The van der Waals surface area contributed by atoms with E-state index in [0.29, 0.717) is 5.56 Å². The Bertz CT molecular complexity index is 781. The summed E-state index contributed by atoms with van der Waals surface area (Å²) in [5, 5.41) is 2.53. The Kier molecular flexibility index (Phi) is 4.44. The first kappa shape index (κ1) is 14.3. The Morgan fingerprint density at radius 2 is 1.91 bits per heavy atom. The summed E-state index contributed by atoms with van der Waals surface area (Å²) in [5.41, 5.74) is 0.471. The predicted molar refractivity (Wildman–Crippen MR) is 91.9 cm³/mol. The molecule has 2 aromatic rings. The lowest BCUT2D eigenvalue weighted by Gasteiger charge is -2.21. The standard InChI is InChI=1S/C16H18BrClN2O2/c1-16(2,3)20-15(21)14(18)13(9-19-20)22-10-12-6-4-11(8-17)5-7-12/h4-7,9H,8,10H2,1-3H3/i8D2. The number of aromatic nitrogens is 2. The number of benzene rings is 1. The van der Waals surface area contributed by atoms with Gasteiger partial charge in [0.1, 0.15) is 6.61 Å². The minimum absolute atomic E-state index is 0.00617. The van der Waals surface area contributed by atoms with E-state index in [1.54, 1.807) is 24.3 Å². The van der Waals surface area contributed by atoms with Gasteiger partial charge in [-0.25, -0.2) is 4.68 Å². The minimum Gasteiger partial charge on any atom is -0.485 e. The van der Waals surface area contributed by atoms with Crippen molar-refractivity contribution in [3.8, 4) is 5.75 Å². The maximum Gasteiger partial charge on any atom is 0.289 e. The van der Waals surface area contributed by atoms with Crippen LogP contribution in [0.1, 0.15) is 34.6 Å². The van der Waals surface area contributed by atoms with E-state index in [4.69, 9.17) is 19.1 Å². The average Bonchev–Trinajstić information content (AvgIpc) is 2.47. The van der Waals surface area contributed by atoms with Gasteiger partial charge in [0.05, 0.1) is 11.7 Å². The van der Waals surface area contributed by atoms with Gasteiger partial charge in [-0.2, -0.15) is 5.10 Å². The molecule has 0 radical (unpaired) electrons. The van der Waals surface area contributed by atoms with Gasteiger partial charge in [-0.05, 0) is 31.9 Å². The molecule has 0 N–H and O–H groups in total. The Morgan fingerprint density at radius 3 is 2.45 bits per heavy atom. The van der Waals surface area contributed by atoms with Gasteiger partial charge in [-0.1, -0.05) is 51.8 Å². The van der Waals surface area contributed by atoms with Crippen LogP contribution in [0.5, 0.6) is 5.75 Å². The molecule has 0 aliphatic heterocycles. The molecule has 0 amide bonds. The zero-order chi connectivity index (χ0) is 18.1. The van der Waals surface area contributed by atoms with Crippen molar-refractivity contribution in [3.63, 3.8) is 0 Å². The van der Waals surface area contributed by atoms with Crippen LogP contribution in [-0.4, -0.2) is 9.78 Å². The summed E-state index contributed by atoms with van der Waals surface area (Å²) in [7, 11) is 0. The van der Waals surface area contributed by atoms with Gasteiger partial charge in [0.25, 0.3) is 5.56 Å². The van der Waals surface area contributed by atoms with Gasteiger partial charge in [0.2, 0.25) is 0 Å². The fourth-order valence-electron chi connectivity index (χ4n) is 1.82. The molecule has 0 aliphatic rings. The van der Waals surface area contributed by atoms with Crippen LogP contribution >= 0.6 is 27.5 Å². The molecule has 0 saturated carbocycles. The van der Waals surface area contributed by atoms with Crippen LogP contribution in [0.4, 0.5) is 0 Å². The van der Waals surface area contributed by atoms with E-state index >= 15 is 0 Å². The van der Waals surface area contributed by atoms with Crippen molar-refractivity contribution in [3.05, 3.63) is 57.0 Å². The van der Waals surface area contributed by atoms with Crippen LogP contribution in [0.2, 0.25) is 5.02 Å². The number of rotatable bonds is 4. The molecule has 2 rings (SSSR count). The molecule has 0 bridgehead atoms. The summed E-state index contributed by atoms with van der Waals surface area (Å²) < 4.78 is 22.1. The normalized spacial score (nSPS) is 13.5. The highest BCUT2D eigenvalue weighted by molar-refractivity contribution is 9.08. The lowest BCUT2D eigenvalue weighted by atomic mass is 10.1. The summed E-state index contributed by atoms with van der Waals surface area (Å²) >= 11 is 9.07. The quantitative estimate of drug-likeness (QED) is 0.741. The Balaban J connectivity index is 2.16. The third-order valence-electron chi connectivity index (χ3n) is 2.98. The van der Waals surface area contributed by atoms with E-state index in [9.17, 15) is 4.79 Å². The molecule has 0 spiro atoms. The second-order valence-corrected chi connectivity index (χ2v) is 6.57. The van der Waals surface area contributed by atoms with Crippen molar-refractivity contribution in [1.82, 2.24) is 9.78 Å². The van der Waals surface area contributed by atoms with Gasteiger partial charge in [0, 0.05) is 8.02 Å². The molecule has 4 nitrogen and oxygen atoms in total. The highest BCUT2D eigenvalue weighted by Crippen LogP contribution is 2.22. The molecule has 6 heteroatoms. The van der Waals surface area contributed by atoms with E-state index < -0.39 is 16.4 Å². The summed E-state index contributed by atoms with van der Waals surface area (Å²) in [6.07, 6.45) is 1.43. The summed E-state index contributed by atoms with van der Waals surface area (Å²) in [6, 6.07) is 6.86. The maximum absolute atomic E-state index is 12.2. The number of alkyl halides is 1. The molecule has 0 unspecified atom stereocenters. The molecule has 1 heterocycles. The summed E-state index contributed by atoms with van der Waals surface area (Å²) in [6.45, 7) is 5.79.